The van der Waals surface area contributed by atoms with Gasteiger partial charge in [0, 0.05) is 32.5 Å². The van der Waals surface area contributed by atoms with Gasteiger partial charge in [-0.05, 0) is 56.9 Å². The van der Waals surface area contributed by atoms with E-state index in [4.69, 9.17) is 0 Å². The first-order valence-corrected chi connectivity index (χ1v) is 6.88. The fraction of sp³-hybridized carbons (Fsp3) is 0.714. The highest BCUT2D eigenvalue weighted by atomic mass is 15.1. The number of aromatic nitrogens is 1. The lowest BCUT2D eigenvalue weighted by Gasteiger charge is -2.18. The fourth-order valence-electron chi connectivity index (χ4n) is 2.50. The van der Waals surface area contributed by atoms with Crippen LogP contribution in [0.25, 0.3) is 0 Å². The van der Waals surface area contributed by atoms with Gasteiger partial charge in [-0.25, -0.2) is 0 Å². The van der Waals surface area contributed by atoms with E-state index in [9.17, 15) is 0 Å². The summed E-state index contributed by atoms with van der Waals surface area (Å²) >= 11 is 0. The number of aryl methyl sites for hydroxylation is 2. The van der Waals surface area contributed by atoms with E-state index < -0.39 is 0 Å². The zero-order chi connectivity index (χ0) is 11.9. The predicted molar refractivity (Wildman–Crippen MR) is 72.3 cm³/mol. The highest BCUT2D eigenvalue weighted by molar-refractivity contribution is 5.09. The first-order valence-electron chi connectivity index (χ1n) is 6.88. The van der Waals surface area contributed by atoms with Gasteiger partial charge in [0.05, 0.1) is 0 Å². The summed E-state index contributed by atoms with van der Waals surface area (Å²) in [6.07, 6.45) is 9.54. The molecular formula is C14H25N3. The van der Waals surface area contributed by atoms with Crippen LogP contribution in [-0.4, -0.2) is 42.2 Å². The summed E-state index contributed by atoms with van der Waals surface area (Å²) in [5.41, 5.74) is 1.48. The molecule has 1 fully saturated rings. The second kappa shape index (κ2) is 6.82. The van der Waals surface area contributed by atoms with Crippen LogP contribution in [0, 0.1) is 0 Å². The molecule has 0 radical (unpaired) electrons. The van der Waals surface area contributed by atoms with Crippen LogP contribution in [0.3, 0.4) is 0 Å². The molecule has 3 nitrogen and oxygen atoms in total. The van der Waals surface area contributed by atoms with Crippen molar-refractivity contribution in [2.24, 2.45) is 7.05 Å². The van der Waals surface area contributed by atoms with Crippen molar-refractivity contribution in [2.45, 2.75) is 25.7 Å². The highest BCUT2D eigenvalue weighted by Crippen LogP contribution is 2.06. The standard InChI is InChI=1S/C14H25N3/c1-16-11-6-14(13-16)5-2-3-9-17-10-4-7-15-8-12-17/h6,11,13,15H,2-5,7-10,12H2,1H3. The third kappa shape index (κ3) is 4.52. The van der Waals surface area contributed by atoms with E-state index in [1.807, 2.05) is 0 Å². The number of hydrogen-bond acceptors (Lipinski definition) is 2. The third-order valence-electron chi connectivity index (χ3n) is 3.52. The molecule has 0 bridgehead atoms. The van der Waals surface area contributed by atoms with Crippen molar-refractivity contribution in [3.05, 3.63) is 24.0 Å². The Morgan fingerprint density at radius 2 is 2.18 bits per heavy atom. The van der Waals surface area contributed by atoms with Crippen molar-refractivity contribution in [3.63, 3.8) is 0 Å². The normalized spacial score (nSPS) is 18.2. The summed E-state index contributed by atoms with van der Waals surface area (Å²) in [7, 11) is 2.09. The number of nitrogens with one attached hydrogen (secondary N) is 1. The van der Waals surface area contributed by atoms with Crippen molar-refractivity contribution in [3.8, 4) is 0 Å². The molecule has 2 heterocycles. The van der Waals surface area contributed by atoms with Gasteiger partial charge in [-0.2, -0.15) is 0 Å². The lowest BCUT2D eigenvalue weighted by Crippen LogP contribution is -2.29. The van der Waals surface area contributed by atoms with Crippen LogP contribution < -0.4 is 5.32 Å². The molecule has 2 rings (SSSR count). The van der Waals surface area contributed by atoms with Gasteiger partial charge >= 0.3 is 0 Å². The average molecular weight is 235 g/mol. The van der Waals surface area contributed by atoms with E-state index in [2.05, 4.69) is 40.3 Å². The van der Waals surface area contributed by atoms with Crippen LogP contribution in [0.4, 0.5) is 0 Å². The van der Waals surface area contributed by atoms with Crippen LogP contribution in [-0.2, 0) is 13.5 Å². The Bertz CT molecular complexity index is 311. The van der Waals surface area contributed by atoms with E-state index in [-0.39, 0.29) is 0 Å². The molecule has 1 N–H and O–H groups in total. The van der Waals surface area contributed by atoms with Crippen molar-refractivity contribution in [2.75, 3.05) is 32.7 Å². The molecule has 1 aromatic heterocycles. The smallest absolute Gasteiger partial charge is 0.0107 e. The van der Waals surface area contributed by atoms with Crippen LogP contribution in [0.15, 0.2) is 18.5 Å². The van der Waals surface area contributed by atoms with Gasteiger partial charge in [0.1, 0.15) is 0 Å². The summed E-state index contributed by atoms with van der Waals surface area (Å²) < 4.78 is 2.13. The largest absolute Gasteiger partial charge is 0.357 e. The van der Waals surface area contributed by atoms with Gasteiger partial charge in [-0.15, -0.1) is 0 Å². The zero-order valence-corrected chi connectivity index (χ0v) is 11.0. The topological polar surface area (TPSA) is 20.2 Å². The molecule has 0 aliphatic carbocycles. The van der Waals surface area contributed by atoms with Gasteiger partial charge in [0.15, 0.2) is 0 Å². The number of nitrogens with zero attached hydrogens (tertiary/aromatic N) is 2. The first-order chi connectivity index (χ1) is 8.34. The SMILES string of the molecule is Cn1ccc(CCCCN2CCCNCC2)c1. The molecule has 1 saturated heterocycles. The van der Waals surface area contributed by atoms with Crippen molar-refractivity contribution >= 4 is 0 Å². The predicted octanol–water partition coefficient (Wildman–Crippen LogP) is 1.64. The maximum atomic E-state index is 3.45. The quantitative estimate of drug-likeness (QED) is 0.783. The minimum atomic E-state index is 1.17. The summed E-state index contributed by atoms with van der Waals surface area (Å²) in [4.78, 5) is 2.60. The van der Waals surface area contributed by atoms with Crippen molar-refractivity contribution in [1.29, 1.82) is 0 Å². The van der Waals surface area contributed by atoms with E-state index in [1.54, 1.807) is 0 Å². The molecule has 1 aliphatic heterocycles. The Morgan fingerprint density at radius 1 is 1.24 bits per heavy atom. The Labute approximate surface area is 105 Å². The van der Waals surface area contributed by atoms with Gasteiger partial charge in [-0.1, -0.05) is 0 Å². The van der Waals surface area contributed by atoms with Crippen molar-refractivity contribution < 1.29 is 0 Å². The molecule has 0 atom stereocenters. The highest BCUT2D eigenvalue weighted by Gasteiger charge is 2.07. The second-order valence-corrected chi connectivity index (χ2v) is 5.09. The van der Waals surface area contributed by atoms with Crippen LogP contribution in [0.5, 0.6) is 0 Å². The lowest BCUT2D eigenvalue weighted by molar-refractivity contribution is 0.286. The van der Waals surface area contributed by atoms with Gasteiger partial charge in [0.25, 0.3) is 0 Å². The molecule has 96 valence electrons. The molecule has 0 saturated carbocycles. The fourth-order valence-corrected chi connectivity index (χ4v) is 2.50. The Hall–Kier alpha value is -0.800. The summed E-state index contributed by atoms with van der Waals surface area (Å²) in [6.45, 7) is 6.14. The molecule has 0 spiro atoms. The van der Waals surface area contributed by atoms with E-state index in [0.717, 1.165) is 0 Å². The monoisotopic (exact) mass is 235 g/mol. The Morgan fingerprint density at radius 3 is 3.00 bits per heavy atom. The Kier molecular flexibility index (Phi) is 5.08. The number of unbranched alkanes of at least 4 members (excludes halogenated alkanes) is 1. The third-order valence-corrected chi connectivity index (χ3v) is 3.52. The minimum absolute atomic E-state index is 1.17. The molecular weight excluding hydrogens is 210 g/mol. The molecule has 3 heteroatoms. The van der Waals surface area contributed by atoms with Crippen LogP contribution in [0.2, 0.25) is 0 Å². The maximum absolute atomic E-state index is 3.45. The van der Waals surface area contributed by atoms with Gasteiger partial charge in [0.2, 0.25) is 0 Å². The molecule has 17 heavy (non-hydrogen) atoms. The summed E-state index contributed by atoms with van der Waals surface area (Å²) in [6, 6.07) is 2.23. The molecule has 0 unspecified atom stereocenters. The Balaban J connectivity index is 1.59. The molecule has 1 aliphatic rings. The zero-order valence-electron chi connectivity index (χ0n) is 11.0. The summed E-state index contributed by atoms with van der Waals surface area (Å²) in [5.74, 6) is 0. The average Bonchev–Trinajstić information content (AvgIpc) is 2.59. The van der Waals surface area contributed by atoms with Gasteiger partial charge < -0.3 is 14.8 Å². The van der Waals surface area contributed by atoms with E-state index in [0.29, 0.717) is 0 Å². The molecule has 1 aromatic rings. The molecule has 0 aromatic carbocycles. The number of rotatable bonds is 5. The second-order valence-electron chi connectivity index (χ2n) is 5.09. The van der Waals surface area contributed by atoms with Crippen LogP contribution in [0.1, 0.15) is 24.8 Å². The lowest BCUT2D eigenvalue weighted by atomic mass is 10.1. The molecule has 0 amide bonds. The maximum Gasteiger partial charge on any atom is 0.0107 e. The van der Waals surface area contributed by atoms with Crippen LogP contribution >= 0.6 is 0 Å². The van der Waals surface area contributed by atoms with Crippen molar-refractivity contribution in [1.82, 2.24) is 14.8 Å². The van der Waals surface area contributed by atoms with E-state index in [1.165, 1.54) is 64.0 Å². The summed E-state index contributed by atoms with van der Waals surface area (Å²) in [5, 5.41) is 3.45. The number of hydrogen-bond donors (Lipinski definition) is 1. The first kappa shape index (κ1) is 12.7. The van der Waals surface area contributed by atoms with Gasteiger partial charge in [-0.3, -0.25) is 0 Å². The minimum Gasteiger partial charge on any atom is -0.357 e. The van der Waals surface area contributed by atoms with E-state index >= 15 is 0 Å².